The summed E-state index contributed by atoms with van der Waals surface area (Å²) in [6.45, 7) is 16.6. The quantitative estimate of drug-likeness (QED) is 0.702. The lowest BCUT2D eigenvalue weighted by Crippen LogP contribution is -2.20. The Labute approximate surface area is 136 Å². The van der Waals surface area contributed by atoms with Crippen LogP contribution in [0.4, 0.5) is 0 Å². The van der Waals surface area contributed by atoms with Gasteiger partial charge in [-0.1, -0.05) is 48.3 Å². The predicted octanol–water partition coefficient (Wildman–Crippen LogP) is 4.85. The fourth-order valence-corrected chi connectivity index (χ4v) is 2.24. The van der Waals surface area contributed by atoms with Crippen LogP contribution in [0.5, 0.6) is 0 Å². The van der Waals surface area contributed by atoms with Gasteiger partial charge in [-0.15, -0.1) is 0 Å². The van der Waals surface area contributed by atoms with Crippen LogP contribution in [0.2, 0.25) is 0 Å². The number of nitrogens with zero attached hydrogens (tertiary/aromatic N) is 1. The van der Waals surface area contributed by atoms with Crippen molar-refractivity contribution in [1.82, 2.24) is 4.90 Å². The van der Waals surface area contributed by atoms with E-state index >= 15 is 0 Å². The van der Waals surface area contributed by atoms with E-state index in [4.69, 9.17) is 0 Å². The van der Waals surface area contributed by atoms with Crippen LogP contribution < -0.4 is 0 Å². The first-order chi connectivity index (χ1) is 10.2. The SMILES string of the molecule is C=C(CN(C)C/C=C/C#CC(C)(C)C)c1ccc(C)cc1C. The van der Waals surface area contributed by atoms with Gasteiger partial charge in [0.15, 0.2) is 0 Å². The lowest BCUT2D eigenvalue weighted by molar-refractivity contribution is 0.418. The molecule has 0 spiro atoms. The third-order valence-electron chi connectivity index (χ3n) is 3.29. The minimum absolute atomic E-state index is 0.0630. The maximum absolute atomic E-state index is 4.24. The van der Waals surface area contributed by atoms with Crippen molar-refractivity contribution in [2.45, 2.75) is 34.6 Å². The third-order valence-corrected chi connectivity index (χ3v) is 3.29. The van der Waals surface area contributed by atoms with E-state index in [1.165, 1.54) is 16.7 Å². The van der Waals surface area contributed by atoms with Crippen LogP contribution in [-0.2, 0) is 0 Å². The summed E-state index contributed by atoms with van der Waals surface area (Å²) in [4.78, 5) is 2.25. The van der Waals surface area contributed by atoms with Crippen LogP contribution in [0.15, 0.2) is 36.9 Å². The molecule has 0 aliphatic carbocycles. The Morgan fingerprint density at radius 3 is 2.55 bits per heavy atom. The molecule has 0 aliphatic heterocycles. The molecule has 0 fully saturated rings. The summed E-state index contributed by atoms with van der Waals surface area (Å²) in [6, 6.07) is 6.53. The molecule has 0 aliphatic rings. The van der Waals surface area contributed by atoms with Crippen molar-refractivity contribution in [3.8, 4) is 11.8 Å². The van der Waals surface area contributed by atoms with Gasteiger partial charge < -0.3 is 0 Å². The molecule has 0 radical (unpaired) electrons. The van der Waals surface area contributed by atoms with Gasteiger partial charge in [0, 0.05) is 18.5 Å². The van der Waals surface area contributed by atoms with Gasteiger partial charge in [0.05, 0.1) is 0 Å². The van der Waals surface area contributed by atoms with Crippen molar-refractivity contribution in [2.75, 3.05) is 20.1 Å². The molecule has 1 nitrogen and oxygen atoms in total. The summed E-state index contributed by atoms with van der Waals surface area (Å²) in [5, 5.41) is 0. The third kappa shape index (κ3) is 6.78. The molecule has 1 rings (SSSR count). The number of hydrogen-bond donors (Lipinski definition) is 0. The van der Waals surface area contributed by atoms with Crippen LogP contribution in [0.25, 0.3) is 5.57 Å². The number of hydrogen-bond acceptors (Lipinski definition) is 1. The van der Waals surface area contributed by atoms with Gasteiger partial charge in [-0.3, -0.25) is 4.90 Å². The van der Waals surface area contributed by atoms with Crippen molar-refractivity contribution >= 4 is 5.57 Å². The highest BCUT2D eigenvalue weighted by Gasteiger charge is 2.05. The Hall–Kier alpha value is -1.78. The highest BCUT2D eigenvalue weighted by Crippen LogP contribution is 2.19. The molecule has 0 aromatic heterocycles. The topological polar surface area (TPSA) is 3.24 Å². The van der Waals surface area contributed by atoms with E-state index in [0.29, 0.717) is 0 Å². The molecule has 0 unspecified atom stereocenters. The van der Waals surface area contributed by atoms with Gasteiger partial charge in [0.25, 0.3) is 0 Å². The van der Waals surface area contributed by atoms with E-state index in [0.717, 1.165) is 18.7 Å². The summed E-state index contributed by atoms with van der Waals surface area (Å²) >= 11 is 0. The van der Waals surface area contributed by atoms with E-state index in [9.17, 15) is 0 Å². The predicted molar refractivity (Wildman–Crippen MR) is 98.8 cm³/mol. The van der Waals surface area contributed by atoms with Gasteiger partial charge in [-0.05, 0) is 64.4 Å². The van der Waals surface area contributed by atoms with Gasteiger partial charge in [-0.2, -0.15) is 0 Å². The molecular formula is C21H29N. The maximum Gasteiger partial charge on any atom is 0.0234 e. The smallest absolute Gasteiger partial charge is 0.0234 e. The number of likely N-dealkylation sites (N-methyl/N-ethyl adjacent to an activating group) is 1. The minimum atomic E-state index is 0.0630. The van der Waals surface area contributed by atoms with Crippen LogP contribution >= 0.6 is 0 Å². The number of aryl methyl sites for hydroxylation is 2. The summed E-state index contributed by atoms with van der Waals surface area (Å²) in [5.41, 5.74) is 5.07. The zero-order chi connectivity index (χ0) is 16.8. The van der Waals surface area contributed by atoms with Gasteiger partial charge in [0.1, 0.15) is 0 Å². The first kappa shape index (κ1) is 18.3. The van der Waals surface area contributed by atoms with Crippen LogP contribution in [-0.4, -0.2) is 25.0 Å². The molecule has 1 aromatic rings. The van der Waals surface area contributed by atoms with E-state index in [1.807, 2.05) is 6.08 Å². The maximum atomic E-state index is 4.24. The first-order valence-corrected chi connectivity index (χ1v) is 7.81. The average Bonchev–Trinajstić information content (AvgIpc) is 2.36. The molecule has 0 atom stereocenters. The van der Waals surface area contributed by atoms with Crippen LogP contribution in [0.1, 0.15) is 37.5 Å². The van der Waals surface area contributed by atoms with E-state index in [-0.39, 0.29) is 5.41 Å². The molecule has 0 heterocycles. The average molecular weight is 295 g/mol. The van der Waals surface area contributed by atoms with E-state index in [2.05, 4.69) is 89.3 Å². The number of benzene rings is 1. The van der Waals surface area contributed by atoms with Gasteiger partial charge in [0.2, 0.25) is 0 Å². The molecule has 0 N–H and O–H groups in total. The Kier molecular flexibility index (Phi) is 6.65. The zero-order valence-corrected chi connectivity index (χ0v) is 15.0. The van der Waals surface area contributed by atoms with Gasteiger partial charge >= 0.3 is 0 Å². The Balaban J connectivity index is 2.54. The fourth-order valence-electron chi connectivity index (χ4n) is 2.24. The van der Waals surface area contributed by atoms with Crippen molar-refractivity contribution in [3.05, 3.63) is 53.6 Å². The highest BCUT2D eigenvalue weighted by molar-refractivity contribution is 5.67. The zero-order valence-electron chi connectivity index (χ0n) is 15.0. The summed E-state index contributed by atoms with van der Waals surface area (Å²) in [7, 11) is 2.11. The Morgan fingerprint density at radius 2 is 1.95 bits per heavy atom. The molecule has 0 bridgehead atoms. The van der Waals surface area contributed by atoms with Crippen LogP contribution in [0.3, 0.4) is 0 Å². The van der Waals surface area contributed by atoms with Crippen molar-refractivity contribution < 1.29 is 0 Å². The molecule has 118 valence electrons. The summed E-state index contributed by atoms with van der Waals surface area (Å²) in [6.07, 6.45) is 4.05. The van der Waals surface area contributed by atoms with E-state index in [1.54, 1.807) is 0 Å². The van der Waals surface area contributed by atoms with Crippen molar-refractivity contribution in [1.29, 1.82) is 0 Å². The second-order valence-corrected chi connectivity index (χ2v) is 7.04. The number of allylic oxidation sites excluding steroid dienone is 1. The Morgan fingerprint density at radius 1 is 1.27 bits per heavy atom. The largest absolute Gasteiger partial charge is 0.298 e. The highest BCUT2D eigenvalue weighted by atomic mass is 15.1. The van der Waals surface area contributed by atoms with Gasteiger partial charge in [-0.25, -0.2) is 0 Å². The van der Waals surface area contributed by atoms with Crippen molar-refractivity contribution in [2.24, 2.45) is 5.41 Å². The molecule has 0 amide bonds. The first-order valence-electron chi connectivity index (χ1n) is 7.81. The standard InChI is InChI=1S/C21H29N/c1-17-11-12-20(18(2)15-17)19(3)16-22(7)14-10-8-9-13-21(4,5)6/h8,10-12,15H,3,14,16H2,1-2,4-7H3/b10-8+. The molecule has 22 heavy (non-hydrogen) atoms. The lowest BCUT2D eigenvalue weighted by Gasteiger charge is -2.17. The summed E-state index contributed by atoms with van der Waals surface area (Å²) < 4.78 is 0. The minimum Gasteiger partial charge on any atom is -0.298 e. The monoisotopic (exact) mass is 295 g/mol. The van der Waals surface area contributed by atoms with E-state index < -0.39 is 0 Å². The lowest BCUT2D eigenvalue weighted by atomic mass is 9.98. The molecular weight excluding hydrogens is 266 g/mol. The second-order valence-electron chi connectivity index (χ2n) is 7.04. The van der Waals surface area contributed by atoms with Crippen molar-refractivity contribution in [3.63, 3.8) is 0 Å². The molecule has 0 saturated carbocycles. The molecule has 1 heteroatoms. The number of rotatable bonds is 5. The Bertz CT molecular complexity index is 603. The molecule has 1 aromatic carbocycles. The van der Waals surface area contributed by atoms with Crippen LogP contribution in [0, 0.1) is 31.1 Å². The molecule has 0 saturated heterocycles. The second kappa shape index (κ2) is 8.01. The summed E-state index contributed by atoms with van der Waals surface area (Å²) in [5.74, 6) is 6.30. The fraction of sp³-hybridized carbons (Fsp3) is 0.429. The normalized spacial score (nSPS) is 11.6.